The van der Waals surface area contributed by atoms with Crippen LogP contribution in [0.25, 0.3) is 0 Å². The van der Waals surface area contributed by atoms with Crippen LogP contribution >= 0.6 is 0 Å². The molecule has 2 rings (SSSR count). The first-order chi connectivity index (χ1) is 8.33. The molecule has 0 fully saturated rings. The van der Waals surface area contributed by atoms with Crippen molar-refractivity contribution in [3.05, 3.63) is 29.6 Å². The van der Waals surface area contributed by atoms with Crippen molar-refractivity contribution in [2.45, 2.75) is 12.8 Å². The Morgan fingerprint density at radius 3 is 3.06 bits per heavy atom. The third kappa shape index (κ3) is 2.96. The maximum absolute atomic E-state index is 13.6. The Morgan fingerprint density at radius 2 is 2.24 bits per heavy atom. The van der Waals surface area contributed by atoms with E-state index in [1.54, 1.807) is 6.07 Å². The summed E-state index contributed by atoms with van der Waals surface area (Å²) in [5.74, 6) is -0.108. The molecule has 4 heteroatoms. The van der Waals surface area contributed by atoms with E-state index < -0.39 is 0 Å². The fourth-order valence-corrected chi connectivity index (χ4v) is 2.23. The van der Waals surface area contributed by atoms with Crippen LogP contribution in [0.15, 0.2) is 18.2 Å². The monoisotopic (exact) mass is 239 g/mol. The first-order valence-corrected chi connectivity index (χ1v) is 6.04. The molecule has 1 aromatic carbocycles. The summed E-state index contributed by atoms with van der Waals surface area (Å²) in [6.45, 7) is 2.67. The fourth-order valence-electron chi connectivity index (χ4n) is 2.23. The minimum absolute atomic E-state index is 0.0468. The number of halogens is 1. The number of rotatable bonds is 5. The van der Waals surface area contributed by atoms with E-state index in [0.717, 1.165) is 37.2 Å². The van der Waals surface area contributed by atoms with Crippen molar-refractivity contribution < 1.29 is 14.2 Å². The molecule has 0 atom stereocenters. The van der Waals surface area contributed by atoms with E-state index in [9.17, 15) is 4.39 Å². The van der Waals surface area contributed by atoms with E-state index in [0.29, 0.717) is 13.2 Å². The van der Waals surface area contributed by atoms with Gasteiger partial charge in [-0.1, -0.05) is 6.07 Å². The highest BCUT2D eigenvalue weighted by atomic mass is 19.1. The molecule has 0 spiro atoms. The highest BCUT2D eigenvalue weighted by molar-refractivity contribution is 5.55. The van der Waals surface area contributed by atoms with Gasteiger partial charge in [0.1, 0.15) is 5.82 Å². The van der Waals surface area contributed by atoms with Crippen molar-refractivity contribution in [1.82, 2.24) is 0 Å². The van der Waals surface area contributed by atoms with Crippen LogP contribution in [0.5, 0.6) is 0 Å². The van der Waals surface area contributed by atoms with E-state index in [-0.39, 0.29) is 12.4 Å². The highest BCUT2D eigenvalue weighted by Crippen LogP contribution is 2.28. The second kappa shape index (κ2) is 5.98. The molecule has 0 saturated heterocycles. The second-order valence-electron chi connectivity index (χ2n) is 4.16. The number of anilines is 1. The van der Waals surface area contributed by atoms with Gasteiger partial charge < -0.3 is 14.7 Å². The lowest BCUT2D eigenvalue weighted by Crippen LogP contribution is -2.33. The number of nitrogens with zero attached hydrogens (tertiary/aromatic N) is 1. The van der Waals surface area contributed by atoms with Crippen LogP contribution in [0.1, 0.15) is 12.0 Å². The fraction of sp³-hybridized carbons (Fsp3) is 0.538. The van der Waals surface area contributed by atoms with E-state index in [4.69, 9.17) is 9.84 Å². The zero-order valence-corrected chi connectivity index (χ0v) is 9.86. The second-order valence-corrected chi connectivity index (χ2v) is 4.16. The molecular formula is C13H18FNO2. The molecular weight excluding hydrogens is 221 g/mol. The Morgan fingerprint density at radius 1 is 1.35 bits per heavy atom. The van der Waals surface area contributed by atoms with Crippen LogP contribution in [0.3, 0.4) is 0 Å². The average molecular weight is 239 g/mol. The molecule has 1 aliphatic heterocycles. The van der Waals surface area contributed by atoms with Gasteiger partial charge >= 0.3 is 0 Å². The van der Waals surface area contributed by atoms with Crippen molar-refractivity contribution in [2.75, 3.05) is 37.8 Å². The van der Waals surface area contributed by atoms with E-state index in [2.05, 4.69) is 4.90 Å². The summed E-state index contributed by atoms with van der Waals surface area (Å²) in [6.07, 6.45) is 1.80. The Balaban J connectivity index is 1.99. The van der Waals surface area contributed by atoms with Gasteiger partial charge in [-0.05, 0) is 25.0 Å². The lowest BCUT2D eigenvalue weighted by atomic mass is 10.0. The molecule has 3 nitrogen and oxygen atoms in total. The van der Waals surface area contributed by atoms with Gasteiger partial charge in [-0.25, -0.2) is 4.39 Å². The number of hydrogen-bond acceptors (Lipinski definition) is 3. The van der Waals surface area contributed by atoms with Gasteiger partial charge in [0.05, 0.1) is 19.8 Å². The number of aliphatic hydroxyl groups excluding tert-OH is 1. The molecule has 0 radical (unpaired) electrons. The van der Waals surface area contributed by atoms with Crippen LogP contribution in [0.2, 0.25) is 0 Å². The molecule has 1 aliphatic rings. The number of fused-ring (bicyclic) bond motifs is 1. The maximum Gasteiger partial charge on any atom is 0.128 e. The summed E-state index contributed by atoms with van der Waals surface area (Å²) in [5, 5.41) is 8.61. The Hall–Kier alpha value is -1.13. The van der Waals surface area contributed by atoms with Crippen molar-refractivity contribution in [2.24, 2.45) is 0 Å². The van der Waals surface area contributed by atoms with Gasteiger partial charge in [0.2, 0.25) is 0 Å². The Labute approximate surface area is 101 Å². The Kier molecular flexibility index (Phi) is 4.34. The molecule has 0 amide bonds. The third-order valence-corrected chi connectivity index (χ3v) is 3.03. The summed E-state index contributed by atoms with van der Waals surface area (Å²) < 4.78 is 18.8. The number of benzene rings is 1. The zero-order valence-electron chi connectivity index (χ0n) is 9.86. The van der Waals surface area contributed by atoms with E-state index in [1.165, 1.54) is 6.07 Å². The SMILES string of the molecule is OCCOCCN1CCCc2c(F)cccc21. The summed E-state index contributed by atoms with van der Waals surface area (Å²) in [6, 6.07) is 5.23. The number of hydrogen-bond donors (Lipinski definition) is 1. The lowest BCUT2D eigenvalue weighted by Gasteiger charge is -2.31. The van der Waals surface area contributed by atoms with Crippen molar-refractivity contribution in [3.63, 3.8) is 0 Å². The first kappa shape index (κ1) is 12.3. The molecule has 1 aromatic rings. The predicted octanol–water partition coefficient (Wildman–Crippen LogP) is 1.59. The molecule has 94 valence electrons. The smallest absolute Gasteiger partial charge is 0.128 e. The molecule has 0 aliphatic carbocycles. The zero-order chi connectivity index (χ0) is 12.1. The molecule has 1 heterocycles. The third-order valence-electron chi connectivity index (χ3n) is 3.03. The van der Waals surface area contributed by atoms with Crippen LogP contribution in [-0.2, 0) is 11.2 Å². The number of aliphatic hydroxyl groups is 1. The average Bonchev–Trinajstić information content (AvgIpc) is 2.36. The van der Waals surface area contributed by atoms with Crippen LogP contribution in [-0.4, -0.2) is 38.0 Å². The molecule has 0 aromatic heterocycles. The quantitative estimate of drug-likeness (QED) is 0.792. The number of ether oxygens (including phenoxy) is 1. The largest absolute Gasteiger partial charge is 0.394 e. The molecule has 0 unspecified atom stereocenters. The predicted molar refractivity (Wildman–Crippen MR) is 64.8 cm³/mol. The van der Waals surface area contributed by atoms with Crippen molar-refractivity contribution in [1.29, 1.82) is 0 Å². The van der Waals surface area contributed by atoms with Crippen LogP contribution < -0.4 is 4.90 Å². The Bertz CT molecular complexity index is 370. The van der Waals surface area contributed by atoms with Crippen LogP contribution in [0, 0.1) is 5.82 Å². The van der Waals surface area contributed by atoms with Gasteiger partial charge in [0, 0.05) is 24.3 Å². The topological polar surface area (TPSA) is 32.7 Å². The summed E-state index contributed by atoms with van der Waals surface area (Å²) in [5.41, 5.74) is 1.81. The molecule has 17 heavy (non-hydrogen) atoms. The van der Waals surface area contributed by atoms with E-state index in [1.807, 2.05) is 6.07 Å². The van der Waals surface area contributed by atoms with E-state index >= 15 is 0 Å². The van der Waals surface area contributed by atoms with Crippen LogP contribution in [0.4, 0.5) is 10.1 Å². The molecule has 0 saturated carbocycles. The normalized spacial score (nSPS) is 14.8. The lowest BCUT2D eigenvalue weighted by molar-refractivity contribution is 0.0965. The first-order valence-electron chi connectivity index (χ1n) is 6.04. The van der Waals surface area contributed by atoms with Crippen molar-refractivity contribution >= 4 is 5.69 Å². The highest BCUT2D eigenvalue weighted by Gasteiger charge is 2.18. The van der Waals surface area contributed by atoms with Gasteiger partial charge in [0.15, 0.2) is 0 Å². The van der Waals surface area contributed by atoms with Gasteiger partial charge in [-0.2, -0.15) is 0 Å². The summed E-state index contributed by atoms with van der Waals surface area (Å²) >= 11 is 0. The van der Waals surface area contributed by atoms with Gasteiger partial charge in [0.25, 0.3) is 0 Å². The molecule has 1 N–H and O–H groups in total. The van der Waals surface area contributed by atoms with Crippen molar-refractivity contribution in [3.8, 4) is 0 Å². The van der Waals surface area contributed by atoms with Gasteiger partial charge in [-0.3, -0.25) is 0 Å². The maximum atomic E-state index is 13.6. The summed E-state index contributed by atoms with van der Waals surface area (Å²) in [7, 11) is 0. The minimum atomic E-state index is -0.108. The van der Waals surface area contributed by atoms with Gasteiger partial charge in [-0.15, -0.1) is 0 Å². The summed E-state index contributed by atoms with van der Waals surface area (Å²) in [4.78, 5) is 2.15. The minimum Gasteiger partial charge on any atom is -0.394 e. The standard InChI is InChI=1S/C13H18FNO2/c14-12-4-1-5-13-11(12)3-2-6-15(13)7-9-17-10-8-16/h1,4-5,16H,2-3,6-10H2. The molecule has 0 bridgehead atoms.